The van der Waals surface area contributed by atoms with Crippen LogP contribution in [0.2, 0.25) is 0 Å². The van der Waals surface area contributed by atoms with Crippen molar-refractivity contribution in [3.8, 4) is 5.75 Å². The van der Waals surface area contributed by atoms with Crippen LogP contribution in [0.1, 0.15) is 38.7 Å². The molecule has 0 saturated heterocycles. The van der Waals surface area contributed by atoms with Crippen LogP contribution in [-0.2, 0) is 6.42 Å². The molecule has 0 amide bonds. The smallest absolute Gasteiger partial charge is 0.118 e. The summed E-state index contributed by atoms with van der Waals surface area (Å²) in [5.74, 6) is 2.89. The van der Waals surface area contributed by atoms with Crippen LogP contribution in [0.4, 0.5) is 0 Å². The van der Waals surface area contributed by atoms with Crippen LogP contribution in [-0.4, -0.2) is 18.3 Å². The quantitative estimate of drug-likeness (QED) is 0.897. The Balaban J connectivity index is 1.91. The Hall–Kier alpha value is -1.02. The van der Waals surface area contributed by atoms with Gasteiger partial charge >= 0.3 is 0 Å². The molecule has 2 heteroatoms. The Morgan fingerprint density at radius 1 is 1.16 bits per heavy atom. The van der Waals surface area contributed by atoms with Gasteiger partial charge in [-0.15, -0.1) is 0 Å². The molecule has 0 aromatic heterocycles. The van der Waals surface area contributed by atoms with Gasteiger partial charge in [-0.2, -0.15) is 0 Å². The zero-order valence-electron chi connectivity index (χ0n) is 12.3. The largest absolute Gasteiger partial charge is 0.497 e. The van der Waals surface area contributed by atoms with Crippen LogP contribution in [0.25, 0.3) is 0 Å². The minimum absolute atomic E-state index is 0.205. The number of aliphatic hydroxyl groups excluding tert-OH is 1. The van der Waals surface area contributed by atoms with Crippen LogP contribution >= 0.6 is 0 Å². The van der Waals surface area contributed by atoms with E-state index in [0.717, 1.165) is 24.0 Å². The first-order chi connectivity index (χ1) is 9.10. The molecule has 1 N–H and O–H groups in total. The van der Waals surface area contributed by atoms with Crippen molar-refractivity contribution >= 4 is 0 Å². The van der Waals surface area contributed by atoms with Crippen LogP contribution in [0, 0.1) is 17.8 Å². The van der Waals surface area contributed by atoms with Crippen LogP contribution in [0.15, 0.2) is 24.3 Å². The maximum Gasteiger partial charge on any atom is 0.118 e. The molecule has 1 aromatic rings. The first-order valence-electron chi connectivity index (χ1n) is 7.41. The van der Waals surface area contributed by atoms with Crippen LogP contribution in [0.3, 0.4) is 0 Å². The molecule has 2 nitrogen and oxygen atoms in total. The van der Waals surface area contributed by atoms with Crippen molar-refractivity contribution in [1.82, 2.24) is 0 Å². The van der Waals surface area contributed by atoms with E-state index in [1.165, 1.54) is 24.8 Å². The molecular weight excluding hydrogens is 236 g/mol. The van der Waals surface area contributed by atoms with E-state index in [2.05, 4.69) is 26.0 Å². The van der Waals surface area contributed by atoms with Gasteiger partial charge in [0, 0.05) is 0 Å². The molecule has 0 aliphatic heterocycles. The Labute approximate surface area is 116 Å². The SMILES string of the molecule is COc1ccc(CC(O)C2CCC(C)C(C)C2)cc1. The lowest BCUT2D eigenvalue weighted by molar-refractivity contribution is 0.0570. The number of hydrogen-bond acceptors (Lipinski definition) is 2. The lowest BCUT2D eigenvalue weighted by Gasteiger charge is -2.34. The van der Waals surface area contributed by atoms with Crippen molar-refractivity contribution in [2.45, 2.75) is 45.6 Å². The number of aliphatic hydroxyl groups is 1. The maximum absolute atomic E-state index is 10.4. The average molecular weight is 262 g/mol. The molecule has 4 unspecified atom stereocenters. The van der Waals surface area contributed by atoms with E-state index in [9.17, 15) is 5.11 Å². The van der Waals surface area contributed by atoms with Crippen molar-refractivity contribution in [3.63, 3.8) is 0 Å². The standard InChI is InChI=1S/C17H26O2/c1-12-4-7-15(10-13(12)2)17(18)11-14-5-8-16(19-3)9-6-14/h5-6,8-9,12-13,15,17-18H,4,7,10-11H2,1-3H3. The molecule has 0 spiro atoms. The zero-order chi connectivity index (χ0) is 13.8. The fourth-order valence-electron chi connectivity index (χ4n) is 3.11. The summed E-state index contributed by atoms with van der Waals surface area (Å²) in [5, 5.41) is 10.4. The second-order valence-corrected chi connectivity index (χ2v) is 6.15. The highest BCUT2D eigenvalue weighted by Gasteiger charge is 2.29. The van der Waals surface area contributed by atoms with Gasteiger partial charge in [0.2, 0.25) is 0 Å². The zero-order valence-corrected chi connectivity index (χ0v) is 12.3. The molecule has 19 heavy (non-hydrogen) atoms. The second-order valence-electron chi connectivity index (χ2n) is 6.15. The highest BCUT2D eigenvalue weighted by molar-refractivity contribution is 5.27. The van der Waals surface area contributed by atoms with E-state index in [-0.39, 0.29) is 6.10 Å². The van der Waals surface area contributed by atoms with Gasteiger partial charge in [0.25, 0.3) is 0 Å². The van der Waals surface area contributed by atoms with Crippen molar-refractivity contribution in [2.24, 2.45) is 17.8 Å². The molecule has 0 radical (unpaired) electrons. The van der Waals surface area contributed by atoms with E-state index < -0.39 is 0 Å². The van der Waals surface area contributed by atoms with Gasteiger partial charge in [-0.05, 0) is 54.7 Å². The first-order valence-corrected chi connectivity index (χ1v) is 7.41. The predicted octanol–water partition coefficient (Wildman–Crippen LogP) is 3.67. The second kappa shape index (κ2) is 6.42. The summed E-state index contributed by atoms with van der Waals surface area (Å²) in [6.07, 6.45) is 4.14. The predicted molar refractivity (Wildman–Crippen MR) is 78.4 cm³/mol. The molecule has 1 aliphatic rings. The van der Waals surface area contributed by atoms with Crippen LogP contribution < -0.4 is 4.74 Å². The number of benzene rings is 1. The van der Waals surface area contributed by atoms with E-state index in [1.54, 1.807) is 7.11 Å². The topological polar surface area (TPSA) is 29.5 Å². The highest BCUT2D eigenvalue weighted by atomic mass is 16.5. The summed E-state index contributed by atoms with van der Waals surface area (Å²) in [6.45, 7) is 4.65. The van der Waals surface area contributed by atoms with Gasteiger partial charge in [-0.25, -0.2) is 0 Å². The highest BCUT2D eigenvalue weighted by Crippen LogP contribution is 2.35. The third-order valence-electron chi connectivity index (χ3n) is 4.79. The molecule has 1 fully saturated rings. The minimum atomic E-state index is -0.205. The van der Waals surface area contributed by atoms with Gasteiger partial charge in [0.15, 0.2) is 0 Å². The van der Waals surface area contributed by atoms with Gasteiger partial charge in [-0.1, -0.05) is 32.4 Å². The summed E-state index contributed by atoms with van der Waals surface area (Å²) < 4.78 is 5.15. The Bertz CT molecular complexity index is 385. The summed E-state index contributed by atoms with van der Waals surface area (Å²) >= 11 is 0. The van der Waals surface area contributed by atoms with Gasteiger partial charge < -0.3 is 9.84 Å². The van der Waals surface area contributed by atoms with E-state index in [1.807, 2.05) is 12.1 Å². The molecular formula is C17H26O2. The molecule has 1 aromatic carbocycles. The first kappa shape index (κ1) is 14.4. The van der Waals surface area contributed by atoms with Gasteiger partial charge in [0.05, 0.1) is 13.2 Å². The molecule has 0 bridgehead atoms. The summed E-state index contributed by atoms with van der Waals surface area (Å²) in [5.41, 5.74) is 1.19. The van der Waals surface area contributed by atoms with E-state index in [4.69, 9.17) is 4.74 Å². The van der Waals surface area contributed by atoms with Gasteiger partial charge in [0.1, 0.15) is 5.75 Å². The van der Waals surface area contributed by atoms with Crippen molar-refractivity contribution in [3.05, 3.63) is 29.8 Å². The normalized spacial score (nSPS) is 28.9. The number of methoxy groups -OCH3 is 1. The third-order valence-corrected chi connectivity index (χ3v) is 4.79. The summed E-state index contributed by atoms with van der Waals surface area (Å²) in [6, 6.07) is 8.04. The Morgan fingerprint density at radius 3 is 2.42 bits per heavy atom. The number of rotatable bonds is 4. The Kier molecular flexibility index (Phi) is 4.87. The van der Waals surface area contributed by atoms with Gasteiger partial charge in [-0.3, -0.25) is 0 Å². The number of ether oxygens (including phenoxy) is 1. The summed E-state index contributed by atoms with van der Waals surface area (Å²) in [4.78, 5) is 0. The minimum Gasteiger partial charge on any atom is -0.497 e. The lowest BCUT2D eigenvalue weighted by Crippen LogP contribution is -2.30. The third kappa shape index (κ3) is 3.73. The molecule has 1 aliphatic carbocycles. The van der Waals surface area contributed by atoms with Crippen molar-refractivity contribution in [1.29, 1.82) is 0 Å². The van der Waals surface area contributed by atoms with E-state index >= 15 is 0 Å². The fraction of sp³-hybridized carbons (Fsp3) is 0.647. The van der Waals surface area contributed by atoms with Crippen molar-refractivity contribution in [2.75, 3.05) is 7.11 Å². The average Bonchev–Trinajstić information content (AvgIpc) is 2.42. The summed E-state index contributed by atoms with van der Waals surface area (Å²) in [7, 11) is 1.68. The van der Waals surface area contributed by atoms with E-state index in [0.29, 0.717) is 5.92 Å². The molecule has 2 rings (SSSR count). The lowest BCUT2D eigenvalue weighted by atomic mass is 9.73. The monoisotopic (exact) mass is 262 g/mol. The number of hydrogen-bond donors (Lipinski definition) is 1. The molecule has 1 saturated carbocycles. The fourth-order valence-corrected chi connectivity index (χ4v) is 3.11. The molecule has 106 valence electrons. The van der Waals surface area contributed by atoms with Crippen LogP contribution in [0.5, 0.6) is 5.75 Å². The molecule has 4 atom stereocenters. The molecule has 0 heterocycles. The maximum atomic E-state index is 10.4. The Morgan fingerprint density at radius 2 is 1.84 bits per heavy atom. The van der Waals surface area contributed by atoms with Crippen molar-refractivity contribution < 1.29 is 9.84 Å².